The van der Waals surface area contributed by atoms with Crippen molar-refractivity contribution in [2.45, 2.75) is 19.4 Å². The first-order valence-corrected chi connectivity index (χ1v) is 9.33. The lowest BCUT2D eigenvalue weighted by atomic mass is 10.1. The first kappa shape index (κ1) is 19.2. The lowest BCUT2D eigenvalue weighted by Gasteiger charge is -2.38. The predicted molar refractivity (Wildman–Crippen MR) is 105 cm³/mol. The van der Waals surface area contributed by atoms with E-state index >= 15 is 0 Å². The number of rotatable bonds is 4. The summed E-state index contributed by atoms with van der Waals surface area (Å²) in [4.78, 5) is 29.0. The Balaban J connectivity index is 1.60. The van der Waals surface area contributed by atoms with Crippen molar-refractivity contribution in [3.05, 3.63) is 65.2 Å². The summed E-state index contributed by atoms with van der Waals surface area (Å²) in [5.41, 5.74) is -0.484. The number of hydrogen-bond acceptors (Lipinski definition) is 3. The van der Waals surface area contributed by atoms with Gasteiger partial charge in [-0.25, -0.2) is 0 Å². The zero-order valence-corrected chi connectivity index (χ0v) is 16.3. The molecule has 0 bridgehead atoms. The third kappa shape index (κ3) is 4.42. The minimum absolute atomic E-state index is 0.0869. The first-order valence-electron chi connectivity index (χ1n) is 8.96. The molecule has 0 unspecified atom stereocenters. The largest absolute Gasteiger partial charge is 0.478 e. The van der Waals surface area contributed by atoms with Gasteiger partial charge in [0.2, 0.25) is 0 Å². The standard InChI is InChI=1S/C21H23ClN2O3/c1-21(2,27-16-8-4-3-5-9-16)20(26)24-14-12-23(13-15-24)19(25)17-10-6-7-11-18(17)22/h3-11H,12-15H2,1-2H3. The number of hydrogen-bond donors (Lipinski definition) is 0. The molecule has 5 nitrogen and oxygen atoms in total. The molecule has 142 valence electrons. The summed E-state index contributed by atoms with van der Waals surface area (Å²) < 4.78 is 5.89. The smallest absolute Gasteiger partial charge is 0.266 e. The van der Waals surface area contributed by atoms with Crippen LogP contribution in [0.25, 0.3) is 0 Å². The van der Waals surface area contributed by atoms with Gasteiger partial charge < -0.3 is 14.5 Å². The van der Waals surface area contributed by atoms with Gasteiger partial charge in [0, 0.05) is 26.2 Å². The monoisotopic (exact) mass is 386 g/mol. The molecule has 2 aromatic carbocycles. The zero-order valence-electron chi connectivity index (χ0n) is 15.5. The van der Waals surface area contributed by atoms with Crippen LogP contribution in [0.4, 0.5) is 0 Å². The molecule has 3 rings (SSSR count). The van der Waals surface area contributed by atoms with Gasteiger partial charge in [-0.3, -0.25) is 9.59 Å². The van der Waals surface area contributed by atoms with Crippen LogP contribution in [-0.4, -0.2) is 53.4 Å². The number of halogens is 1. The van der Waals surface area contributed by atoms with Crippen LogP contribution in [0.2, 0.25) is 5.02 Å². The number of nitrogens with zero attached hydrogens (tertiary/aromatic N) is 2. The predicted octanol–water partition coefficient (Wildman–Crippen LogP) is 3.48. The summed E-state index contributed by atoms with van der Waals surface area (Å²) >= 11 is 6.13. The van der Waals surface area contributed by atoms with E-state index in [0.29, 0.717) is 42.5 Å². The van der Waals surface area contributed by atoms with Gasteiger partial charge in [0.15, 0.2) is 5.60 Å². The number of piperazine rings is 1. The van der Waals surface area contributed by atoms with E-state index in [4.69, 9.17) is 16.3 Å². The summed E-state index contributed by atoms with van der Waals surface area (Å²) in [6, 6.07) is 16.3. The molecule has 0 aliphatic carbocycles. The maximum absolute atomic E-state index is 12.9. The Morgan fingerprint density at radius 1 is 0.889 bits per heavy atom. The molecule has 0 saturated carbocycles. The average molecular weight is 387 g/mol. The van der Waals surface area contributed by atoms with Gasteiger partial charge in [0.25, 0.3) is 11.8 Å². The number of benzene rings is 2. The highest BCUT2D eigenvalue weighted by Crippen LogP contribution is 2.22. The number of para-hydroxylation sites is 1. The summed E-state index contributed by atoms with van der Waals surface area (Å²) in [6.45, 7) is 5.41. The Morgan fingerprint density at radius 2 is 1.44 bits per heavy atom. The average Bonchev–Trinajstić information content (AvgIpc) is 2.68. The third-order valence-electron chi connectivity index (χ3n) is 4.59. The molecule has 0 atom stereocenters. The second kappa shape index (κ2) is 8.01. The summed E-state index contributed by atoms with van der Waals surface area (Å²) in [5.74, 6) is 0.465. The molecule has 1 aliphatic rings. The molecule has 0 spiro atoms. The maximum Gasteiger partial charge on any atom is 0.266 e. The van der Waals surface area contributed by atoms with Crippen molar-refractivity contribution >= 4 is 23.4 Å². The van der Waals surface area contributed by atoms with Crippen LogP contribution in [0.15, 0.2) is 54.6 Å². The number of carbonyl (C=O) groups excluding carboxylic acids is 2. The normalized spacial score (nSPS) is 14.8. The van der Waals surface area contributed by atoms with Crippen molar-refractivity contribution in [1.82, 2.24) is 9.80 Å². The van der Waals surface area contributed by atoms with E-state index in [0.717, 1.165) is 0 Å². The molecule has 1 fully saturated rings. The minimum atomic E-state index is -0.976. The highest BCUT2D eigenvalue weighted by Gasteiger charge is 2.36. The molecule has 0 N–H and O–H groups in total. The lowest BCUT2D eigenvalue weighted by molar-refractivity contribution is -0.147. The second-order valence-electron chi connectivity index (χ2n) is 6.99. The van der Waals surface area contributed by atoms with E-state index in [1.807, 2.05) is 30.3 Å². The first-order chi connectivity index (χ1) is 12.9. The molecule has 0 aromatic heterocycles. The highest BCUT2D eigenvalue weighted by molar-refractivity contribution is 6.33. The van der Waals surface area contributed by atoms with Gasteiger partial charge in [-0.2, -0.15) is 0 Å². The van der Waals surface area contributed by atoms with Crippen LogP contribution < -0.4 is 4.74 Å². The van der Waals surface area contributed by atoms with Crippen molar-refractivity contribution < 1.29 is 14.3 Å². The Hall–Kier alpha value is -2.53. The quantitative estimate of drug-likeness (QED) is 0.808. The molecule has 1 aliphatic heterocycles. The van der Waals surface area contributed by atoms with Crippen molar-refractivity contribution in [3.63, 3.8) is 0 Å². The molecule has 1 saturated heterocycles. The molecule has 2 amide bonds. The van der Waals surface area contributed by atoms with Crippen molar-refractivity contribution in [2.24, 2.45) is 0 Å². The van der Waals surface area contributed by atoms with E-state index in [1.54, 1.807) is 47.9 Å². The van der Waals surface area contributed by atoms with Gasteiger partial charge >= 0.3 is 0 Å². The Kier molecular flexibility index (Phi) is 5.71. The fraction of sp³-hybridized carbons (Fsp3) is 0.333. The van der Waals surface area contributed by atoms with Crippen molar-refractivity contribution in [1.29, 1.82) is 0 Å². The highest BCUT2D eigenvalue weighted by atomic mass is 35.5. The molecule has 27 heavy (non-hydrogen) atoms. The SMILES string of the molecule is CC(C)(Oc1ccccc1)C(=O)N1CCN(C(=O)c2ccccc2Cl)CC1. The van der Waals surface area contributed by atoms with Crippen molar-refractivity contribution in [2.75, 3.05) is 26.2 Å². The molecule has 0 radical (unpaired) electrons. The van der Waals surface area contributed by atoms with Crippen LogP contribution in [0.3, 0.4) is 0 Å². The van der Waals surface area contributed by atoms with E-state index in [9.17, 15) is 9.59 Å². The van der Waals surface area contributed by atoms with Gasteiger partial charge in [0.1, 0.15) is 5.75 Å². The van der Waals surface area contributed by atoms with Crippen LogP contribution >= 0.6 is 11.6 Å². The Labute approximate surface area is 164 Å². The van der Waals surface area contributed by atoms with Gasteiger partial charge in [-0.05, 0) is 38.1 Å². The van der Waals surface area contributed by atoms with Gasteiger partial charge in [0.05, 0.1) is 10.6 Å². The van der Waals surface area contributed by atoms with E-state index < -0.39 is 5.60 Å². The maximum atomic E-state index is 12.9. The number of carbonyl (C=O) groups is 2. The fourth-order valence-electron chi connectivity index (χ4n) is 3.13. The van der Waals surface area contributed by atoms with Crippen LogP contribution in [0.5, 0.6) is 5.75 Å². The Morgan fingerprint density at radius 3 is 2.07 bits per heavy atom. The van der Waals surface area contributed by atoms with Crippen LogP contribution in [0, 0.1) is 0 Å². The van der Waals surface area contributed by atoms with Gasteiger partial charge in [-0.15, -0.1) is 0 Å². The number of amides is 2. The lowest BCUT2D eigenvalue weighted by Crippen LogP contribution is -2.56. The van der Waals surface area contributed by atoms with Gasteiger partial charge in [-0.1, -0.05) is 41.9 Å². The molecular weight excluding hydrogens is 364 g/mol. The summed E-state index contributed by atoms with van der Waals surface area (Å²) in [6.07, 6.45) is 0. The molecular formula is C21H23ClN2O3. The zero-order chi connectivity index (χ0) is 19.4. The third-order valence-corrected chi connectivity index (χ3v) is 4.92. The van der Waals surface area contributed by atoms with Crippen LogP contribution in [0.1, 0.15) is 24.2 Å². The van der Waals surface area contributed by atoms with E-state index in [1.165, 1.54) is 0 Å². The van der Waals surface area contributed by atoms with E-state index in [-0.39, 0.29) is 11.8 Å². The molecule has 2 aromatic rings. The summed E-state index contributed by atoms with van der Waals surface area (Å²) in [7, 11) is 0. The molecule has 6 heteroatoms. The van der Waals surface area contributed by atoms with Crippen LogP contribution in [-0.2, 0) is 4.79 Å². The van der Waals surface area contributed by atoms with Crippen molar-refractivity contribution in [3.8, 4) is 5.75 Å². The van der Waals surface area contributed by atoms with E-state index in [2.05, 4.69) is 0 Å². The second-order valence-corrected chi connectivity index (χ2v) is 7.40. The minimum Gasteiger partial charge on any atom is -0.478 e. The number of ether oxygens (including phenoxy) is 1. The fourth-order valence-corrected chi connectivity index (χ4v) is 3.34. The Bertz CT molecular complexity index is 815. The summed E-state index contributed by atoms with van der Waals surface area (Å²) in [5, 5.41) is 0.443. The molecule has 1 heterocycles. The topological polar surface area (TPSA) is 49.9 Å².